The van der Waals surface area contributed by atoms with Gasteiger partial charge in [-0.3, -0.25) is 15.1 Å². The van der Waals surface area contributed by atoms with Gasteiger partial charge in [-0.05, 0) is 54.8 Å². The van der Waals surface area contributed by atoms with Gasteiger partial charge in [0.15, 0.2) is 0 Å². The fourth-order valence-corrected chi connectivity index (χ4v) is 3.06. The van der Waals surface area contributed by atoms with Crippen molar-refractivity contribution in [3.63, 3.8) is 0 Å². The summed E-state index contributed by atoms with van der Waals surface area (Å²) in [5.74, 6) is 0.710. The third kappa shape index (κ3) is 3.96. The number of nitrogens with zero attached hydrogens (tertiary/aromatic N) is 3. The van der Waals surface area contributed by atoms with Crippen LogP contribution in [0.5, 0.6) is 5.75 Å². The number of pyridine rings is 2. The molecule has 6 heteroatoms. The van der Waals surface area contributed by atoms with Crippen LogP contribution >= 0.6 is 0 Å². The number of ether oxygens (including phenoxy) is 1. The summed E-state index contributed by atoms with van der Waals surface area (Å²) in [7, 11) is 0. The van der Waals surface area contributed by atoms with Crippen LogP contribution in [0.1, 0.15) is 11.3 Å². The van der Waals surface area contributed by atoms with Crippen LogP contribution in [0.2, 0.25) is 0 Å². The van der Waals surface area contributed by atoms with Gasteiger partial charge in [0, 0.05) is 35.6 Å². The lowest BCUT2D eigenvalue weighted by atomic mass is 10.0. The molecule has 0 spiro atoms. The highest BCUT2D eigenvalue weighted by atomic mass is 16.5. The minimum Gasteiger partial charge on any atom is -0.490 e. The van der Waals surface area contributed by atoms with E-state index in [0.29, 0.717) is 12.4 Å². The molecule has 136 valence electrons. The Hall–Kier alpha value is -3.25. The molecule has 27 heavy (non-hydrogen) atoms. The van der Waals surface area contributed by atoms with Gasteiger partial charge < -0.3 is 10.5 Å². The molecule has 0 radical (unpaired) electrons. The van der Waals surface area contributed by atoms with E-state index in [1.165, 1.54) is 0 Å². The van der Waals surface area contributed by atoms with Gasteiger partial charge in [0.2, 0.25) is 0 Å². The summed E-state index contributed by atoms with van der Waals surface area (Å²) in [6.07, 6.45) is 7.83. The first-order valence-electron chi connectivity index (χ1n) is 8.86. The number of fused-ring (bicyclic) bond motifs is 1. The molecule has 0 aliphatic heterocycles. The van der Waals surface area contributed by atoms with Gasteiger partial charge in [-0.1, -0.05) is 6.07 Å². The third-order valence-electron chi connectivity index (χ3n) is 4.51. The molecule has 3 heterocycles. The van der Waals surface area contributed by atoms with Crippen LogP contribution in [-0.4, -0.2) is 32.8 Å². The van der Waals surface area contributed by atoms with Gasteiger partial charge in [-0.15, -0.1) is 0 Å². The van der Waals surface area contributed by atoms with E-state index < -0.39 is 0 Å². The molecule has 0 fully saturated rings. The number of nitrogens with one attached hydrogen (secondary N) is 1. The van der Waals surface area contributed by atoms with E-state index in [1.54, 1.807) is 18.6 Å². The van der Waals surface area contributed by atoms with E-state index in [2.05, 4.69) is 32.3 Å². The van der Waals surface area contributed by atoms with Crippen LogP contribution in [0.25, 0.3) is 22.0 Å². The van der Waals surface area contributed by atoms with E-state index in [9.17, 15) is 0 Å². The fraction of sp³-hybridized carbons (Fsp3) is 0.190. The molecular formula is C21H21N5O. The Morgan fingerprint density at radius 2 is 1.89 bits per heavy atom. The second-order valence-corrected chi connectivity index (χ2v) is 6.61. The molecule has 3 N–H and O–H groups in total. The van der Waals surface area contributed by atoms with E-state index in [0.717, 1.165) is 39.7 Å². The fourth-order valence-electron chi connectivity index (χ4n) is 3.06. The first-order valence-corrected chi connectivity index (χ1v) is 8.86. The van der Waals surface area contributed by atoms with Gasteiger partial charge in [-0.2, -0.15) is 5.10 Å². The topological polar surface area (TPSA) is 89.7 Å². The van der Waals surface area contributed by atoms with Crippen LogP contribution in [0.4, 0.5) is 0 Å². The molecular weight excluding hydrogens is 338 g/mol. The molecule has 3 aromatic heterocycles. The number of H-pyrrole nitrogens is 1. The Kier molecular flexibility index (Phi) is 4.80. The Morgan fingerprint density at radius 1 is 1.04 bits per heavy atom. The molecule has 0 bridgehead atoms. The second-order valence-electron chi connectivity index (χ2n) is 6.61. The number of hydrogen-bond acceptors (Lipinski definition) is 5. The van der Waals surface area contributed by atoms with Crippen molar-refractivity contribution in [2.45, 2.75) is 19.4 Å². The monoisotopic (exact) mass is 359 g/mol. The van der Waals surface area contributed by atoms with Crippen molar-refractivity contribution in [2.75, 3.05) is 6.61 Å². The third-order valence-corrected chi connectivity index (χ3v) is 4.51. The predicted molar refractivity (Wildman–Crippen MR) is 105 cm³/mol. The summed E-state index contributed by atoms with van der Waals surface area (Å²) in [5.41, 5.74) is 11.4. The summed E-state index contributed by atoms with van der Waals surface area (Å²) in [5, 5.41) is 8.38. The first kappa shape index (κ1) is 17.2. The van der Waals surface area contributed by atoms with E-state index in [-0.39, 0.29) is 6.04 Å². The number of benzene rings is 1. The van der Waals surface area contributed by atoms with Crippen LogP contribution in [-0.2, 0) is 6.42 Å². The second kappa shape index (κ2) is 7.55. The molecule has 4 rings (SSSR count). The van der Waals surface area contributed by atoms with Crippen LogP contribution in [0, 0.1) is 6.92 Å². The lowest BCUT2D eigenvalue weighted by molar-refractivity contribution is 0.286. The SMILES string of the molecule is Cc1n[nH]c2ccc(-c3cncc(OCC(N)Cc4ccncc4)c3)cc12. The molecule has 1 aromatic carbocycles. The van der Waals surface area contributed by atoms with Crippen LogP contribution < -0.4 is 10.5 Å². The van der Waals surface area contributed by atoms with Crippen molar-refractivity contribution < 1.29 is 4.74 Å². The zero-order chi connectivity index (χ0) is 18.6. The summed E-state index contributed by atoms with van der Waals surface area (Å²) < 4.78 is 5.88. The number of aromatic amines is 1. The van der Waals surface area contributed by atoms with Crippen molar-refractivity contribution in [2.24, 2.45) is 5.73 Å². The van der Waals surface area contributed by atoms with Gasteiger partial charge in [0.05, 0.1) is 17.4 Å². The number of aromatic nitrogens is 4. The largest absolute Gasteiger partial charge is 0.490 e. The lowest BCUT2D eigenvalue weighted by Crippen LogP contribution is -2.30. The highest BCUT2D eigenvalue weighted by Crippen LogP contribution is 2.27. The zero-order valence-electron chi connectivity index (χ0n) is 15.1. The molecule has 4 aromatic rings. The van der Waals surface area contributed by atoms with Gasteiger partial charge in [-0.25, -0.2) is 0 Å². The Balaban J connectivity index is 1.46. The Bertz CT molecular complexity index is 1040. The number of aryl methyl sites for hydroxylation is 1. The highest BCUT2D eigenvalue weighted by molar-refractivity contribution is 5.86. The summed E-state index contributed by atoms with van der Waals surface area (Å²) in [6.45, 7) is 2.41. The van der Waals surface area contributed by atoms with E-state index in [4.69, 9.17) is 10.5 Å². The minimum atomic E-state index is -0.0963. The van der Waals surface area contributed by atoms with Crippen LogP contribution in [0.3, 0.4) is 0 Å². The van der Waals surface area contributed by atoms with Crippen molar-refractivity contribution in [3.05, 3.63) is 72.4 Å². The molecule has 0 saturated carbocycles. The maximum atomic E-state index is 6.19. The predicted octanol–water partition coefficient (Wildman–Crippen LogP) is 3.28. The molecule has 1 atom stereocenters. The molecule has 0 amide bonds. The van der Waals surface area contributed by atoms with Crippen molar-refractivity contribution in [1.82, 2.24) is 20.2 Å². The summed E-state index contributed by atoms with van der Waals surface area (Å²) >= 11 is 0. The standard InChI is InChI=1S/C21H21N5O/c1-14-20-10-16(2-3-21(20)26-25-14)17-9-19(12-24-11-17)27-13-18(22)8-15-4-6-23-7-5-15/h2-7,9-12,18H,8,13,22H2,1H3,(H,25,26). The number of nitrogens with two attached hydrogens (primary N) is 1. The number of hydrogen-bond donors (Lipinski definition) is 2. The minimum absolute atomic E-state index is 0.0963. The zero-order valence-corrected chi connectivity index (χ0v) is 15.1. The van der Waals surface area contributed by atoms with Crippen molar-refractivity contribution in [1.29, 1.82) is 0 Å². The molecule has 0 aliphatic carbocycles. The summed E-state index contributed by atoms with van der Waals surface area (Å²) in [4.78, 5) is 8.33. The van der Waals surface area contributed by atoms with Crippen molar-refractivity contribution in [3.8, 4) is 16.9 Å². The van der Waals surface area contributed by atoms with E-state index >= 15 is 0 Å². The lowest BCUT2D eigenvalue weighted by Gasteiger charge is -2.13. The van der Waals surface area contributed by atoms with Gasteiger partial charge >= 0.3 is 0 Å². The normalized spacial score (nSPS) is 12.2. The molecule has 6 nitrogen and oxygen atoms in total. The van der Waals surface area contributed by atoms with Crippen LogP contribution in [0.15, 0.2) is 61.2 Å². The Labute approximate surface area is 157 Å². The maximum absolute atomic E-state index is 6.19. The van der Waals surface area contributed by atoms with Gasteiger partial charge in [0.25, 0.3) is 0 Å². The summed E-state index contributed by atoms with van der Waals surface area (Å²) in [6, 6.07) is 12.0. The van der Waals surface area contributed by atoms with Gasteiger partial charge in [0.1, 0.15) is 12.4 Å². The average Bonchev–Trinajstić information content (AvgIpc) is 3.08. The molecule has 0 aliphatic rings. The maximum Gasteiger partial charge on any atom is 0.138 e. The molecule has 1 unspecified atom stereocenters. The quantitative estimate of drug-likeness (QED) is 0.551. The smallest absolute Gasteiger partial charge is 0.138 e. The first-order chi connectivity index (χ1) is 13.2. The van der Waals surface area contributed by atoms with E-state index in [1.807, 2.05) is 37.4 Å². The average molecular weight is 359 g/mol. The van der Waals surface area contributed by atoms with Crippen molar-refractivity contribution >= 4 is 10.9 Å². The molecule has 0 saturated heterocycles. The number of rotatable bonds is 6. The highest BCUT2D eigenvalue weighted by Gasteiger charge is 2.08. The Morgan fingerprint density at radius 3 is 2.74 bits per heavy atom.